The molecule has 1 amide bonds. The van der Waals surface area contributed by atoms with Gasteiger partial charge in [-0.05, 0) is 38.1 Å². The second-order valence-electron chi connectivity index (χ2n) is 6.98. The Morgan fingerprint density at radius 1 is 1.22 bits per heavy atom. The lowest BCUT2D eigenvalue weighted by atomic mass is 10.1. The standard InChI is InChI=1S/C18H20FN3O3S2/c19-13-6-2-1-5-12(13)18-20-9-16(26-18)17(23)21-14-10-27(24,25)11-15(14)22-7-3-4-8-22/h1-2,5-6,9,14-15H,3-4,7-8,10-11H2,(H,21,23). The van der Waals surface area contributed by atoms with Crippen LogP contribution in [0.3, 0.4) is 0 Å². The number of benzene rings is 1. The Morgan fingerprint density at radius 2 is 1.96 bits per heavy atom. The summed E-state index contributed by atoms with van der Waals surface area (Å²) in [6.45, 7) is 1.73. The van der Waals surface area contributed by atoms with Crippen LogP contribution in [0, 0.1) is 5.82 Å². The van der Waals surface area contributed by atoms with Crippen molar-refractivity contribution in [3.63, 3.8) is 0 Å². The summed E-state index contributed by atoms with van der Waals surface area (Å²) in [6, 6.07) is 5.66. The quantitative estimate of drug-likeness (QED) is 0.835. The molecule has 2 aliphatic heterocycles. The molecule has 9 heteroatoms. The van der Waals surface area contributed by atoms with Crippen molar-refractivity contribution >= 4 is 27.1 Å². The lowest BCUT2D eigenvalue weighted by molar-refractivity contribution is 0.0922. The van der Waals surface area contributed by atoms with Crippen LogP contribution in [0.2, 0.25) is 0 Å². The first-order chi connectivity index (χ1) is 12.9. The van der Waals surface area contributed by atoms with Crippen molar-refractivity contribution in [1.29, 1.82) is 0 Å². The number of carbonyl (C=O) groups is 1. The average molecular weight is 410 g/mol. The first-order valence-corrected chi connectivity index (χ1v) is 11.5. The summed E-state index contributed by atoms with van der Waals surface area (Å²) in [7, 11) is -3.17. The molecule has 1 N–H and O–H groups in total. The van der Waals surface area contributed by atoms with Gasteiger partial charge in [0.05, 0.1) is 23.7 Å². The normalized spacial score (nSPS) is 24.9. The van der Waals surface area contributed by atoms with Crippen LogP contribution in [0.5, 0.6) is 0 Å². The molecule has 0 radical (unpaired) electrons. The van der Waals surface area contributed by atoms with Crippen LogP contribution < -0.4 is 5.32 Å². The second kappa shape index (κ2) is 7.29. The number of nitrogens with one attached hydrogen (secondary N) is 1. The van der Waals surface area contributed by atoms with Gasteiger partial charge in [-0.25, -0.2) is 17.8 Å². The number of likely N-dealkylation sites (tertiary alicyclic amines) is 1. The third kappa shape index (κ3) is 3.90. The molecule has 2 atom stereocenters. The zero-order valence-electron chi connectivity index (χ0n) is 14.6. The van der Waals surface area contributed by atoms with E-state index in [9.17, 15) is 17.6 Å². The predicted molar refractivity (Wildman–Crippen MR) is 102 cm³/mol. The van der Waals surface area contributed by atoms with Crippen LogP contribution in [0.25, 0.3) is 10.6 Å². The summed E-state index contributed by atoms with van der Waals surface area (Å²) in [5.74, 6) is -0.712. The molecule has 27 heavy (non-hydrogen) atoms. The highest BCUT2D eigenvalue weighted by Crippen LogP contribution is 2.28. The Labute approximate surface area is 161 Å². The number of nitrogens with zero attached hydrogens (tertiary/aromatic N) is 2. The van der Waals surface area contributed by atoms with Crippen LogP contribution in [0.1, 0.15) is 22.5 Å². The first-order valence-electron chi connectivity index (χ1n) is 8.89. The fraction of sp³-hybridized carbons (Fsp3) is 0.444. The lowest BCUT2D eigenvalue weighted by Crippen LogP contribution is -2.50. The van der Waals surface area contributed by atoms with Crippen molar-refractivity contribution in [2.45, 2.75) is 24.9 Å². The molecular weight excluding hydrogens is 389 g/mol. The van der Waals surface area contributed by atoms with Crippen molar-refractivity contribution in [3.8, 4) is 10.6 Å². The number of sulfone groups is 1. The van der Waals surface area contributed by atoms with Crippen molar-refractivity contribution in [2.75, 3.05) is 24.6 Å². The maximum Gasteiger partial charge on any atom is 0.263 e. The molecule has 0 spiro atoms. The minimum atomic E-state index is -3.17. The van der Waals surface area contributed by atoms with E-state index in [2.05, 4.69) is 15.2 Å². The van der Waals surface area contributed by atoms with Crippen molar-refractivity contribution < 1.29 is 17.6 Å². The van der Waals surface area contributed by atoms with E-state index in [4.69, 9.17) is 0 Å². The Bertz CT molecular complexity index is 954. The van der Waals surface area contributed by atoms with E-state index in [0.29, 0.717) is 15.4 Å². The van der Waals surface area contributed by atoms with E-state index in [0.717, 1.165) is 37.3 Å². The molecule has 2 unspecified atom stereocenters. The van der Waals surface area contributed by atoms with Gasteiger partial charge in [0, 0.05) is 11.6 Å². The van der Waals surface area contributed by atoms with Crippen LogP contribution in [-0.4, -0.2) is 60.9 Å². The van der Waals surface area contributed by atoms with Crippen molar-refractivity contribution in [2.24, 2.45) is 0 Å². The van der Waals surface area contributed by atoms with E-state index in [1.807, 2.05) is 0 Å². The number of aromatic nitrogens is 1. The van der Waals surface area contributed by atoms with Gasteiger partial charge in [-0.3, -0.25) is 9.69 Å². The summed E-state index contributed by atoms with van der Waals surface area (Å²) >= 11 is 1.10. The third-order valence-corrected chi connectivity index (χ3v) is 7.83. The molecule has 6 nitrogen and oxygen atoms in total. The minimum absolute atomic E-state index is 0.0428. The zero-order valence-corrected chi connectivity index (χ0v) is 16.2. The number of rotatable bonds is 4. The molecule has 0 bridgehead atoms. The number of hydrogen-bond acceptors (Lipinski definition) is 6. The summed E-state index contributed by atoms with van der Waals surface area (Å²) < 4.78 is 38.2. The van der Waals surface area contributed by atoms with E-state index in [1.165, 1.54) is 12.3 Å². The molecule has 2 aromatic rings. The van der Waals surface area contributed by atoms with Crippen molar-refractivity contribution in [1.82, 2.24) is 15.2 Å². The van der Waals surface area contributed by atoms with Gasteiger partial charge in [0.15, 0.2) is 9.84 Å². The Morgan fingerprint density at radius 3 is 2.70 bits per heavy atom. The molecule has 144 valence electrons. The number of amides is 1. The summed E-state index contributed by atoms with van der Waals surface area (Å²) in [5, 5.41) is 3.30. The van der Waals surface area contributed by atoms with Crippen LogP contribution in [0.4, 0.5) is 4.39 Å². The molecule has 0 saturated carbocycles. The first kappa shape index (κ1) is 18.5. The maximum atomic E-state index is 13.9. The molecule has 0 aliphatic carbocycles. The van der Waals surface area contributed by atoms with E-state index in [1.54, 1.807) is 18.2 Å². The summed E-state index contributed by atoms with van der Waals surface area (Å²) in [5.41, 5.74) is 0.347. The molecule has 3 heterocycles. The monoisotopic (exact) mass is 409 g/mol. The molecule has 2 aliphatic rings. The summed E-state index contributed by atoms with van der Waals surface area (Å²) in [4.78, 5) is 19.3. The number of halogens is 1. The molecule has 1 aromatic heterocycles. The maximum absolute atomic E-state index is 13.9. The largest absolute Gasteiger partial charge is 0.346 e. The average Bonchev–Trinajstić information content (AvgIpc) is 3.35. The van der Waals surface area contributed by atoms with Gasteiger partial charge in [-0.15, -0.1) is 11.3 Å². The van der Waals surface area contributed by atoms with E-state index >= 15 is 0 Å². The number of carbonyl (C=O) groups excluding carboxylic acids is 1. The predicted octanol–water partition coefficient (Wildman–Crippen LogP) is 1.94. The lowest BCUT2D eigenvalue weighted by Gasteiger charge is -2.28. The highest BCUT2D eigenvalue weighted by molar-refractivity contribution is 7.91. The van der Waals surface area contributed by atoms with E-state index < -0.39 is 21.7 Å². The van der Waals surface area contributed by atoms with Crippen LogP contribution >= 0.6 is 11.3 Å². The molecule has 4 rings (SSSR count). The van der Waals surface area contributed by atoms with Crippen LogP contribution in [0.15, 0.2) is 30.5 Å². The zero-order chi connectivity index (χ0) is 19.0. The van der Waals surface area contributed by atoms with Gasteiger partial charge in [-0.1, -0.05) is 12.1 Å². The van der Waals surface area contributed by atoms with Gasteiger partial charge in [0.1, 0.15) is 15.7 Å². The van der Waals surface area contributed by atoms with Gasteiger partial charge >= 0.3 is 0 Å². The Kier molecular flexibility index (Phi) is 5.00. The molecule has 1 aromatic carbocycles. The van der Waals surface area contributed by atoms with Gasteiger partial charge in [-0.2, -0.15) is 0 Å². The fourth-order valence-corrected chi connectivity index (χ4v) is 6.58. The summed E-state index contributed by atoms with van der Waals surface area (Å²) in [6.07, 6.45) is 3.52. The highest BCUT2D eigenvalue weighted by Gasteiger charge is 2.42. The second-order valence-corrected chi connectivity index (χ2v) is 10.2. The molecular formula is C18H20FN3O3S2. The number of thiazole rings is 1. The van der Waals surface area contributed by atoms with Crippen LogP contribution in [-0.2, 0) is 9.84 Å². The molecule has 2 fully saturated rings. The highest BCUT2D eigenvalue weighted by atomic mass is 32.2. The van der Waals surface area contributed by atoms with Crippen molar-refractivity contribution in [3.05, 3.63) is 41.2 Å². The Hall–Kier alpha value is -1.84. The van der Waals surface area contributed by atoms with E-state index in [-0.39, 0.29) is 23.5 Å². The third-order valence-electron chi connectivity index (χ3n) is 5.08. The van der Waals surface area contributed by atoms with Gasteiger partial charge in [0.25, 0.3) is 5.91 Å². The number of hydrogen-bond donors (Lipinski definition) is 1. The fourth-order valence-electron chi connectivity index (χ4n) is 3.78. The molecule has 2 saturated heterocycles. The van der Waals surface area contributed by atoms with Gasteiger partial charge in [0.2, 0.25) is 0 Å². The van der Waals surface area contributed by atoms with Gasteiger partial charge < -0.3 is 5.32 Å². The SMILES string of the molecule is O=C(NC1CS(=O)(=O)CC1N1CCCC1)c1cnc(-c2ccccc2F)s1. The minimum Gasteiger partial charge on any atom is -0.346 e. The Balaban J connectivity index is 1.51. The smallest absolute Gasteiger partial charge is 0.263 e. The topological polar surface area (TPSA) is 79.4 Å².